The monoisotopic (exact) mass is 342 g/mol. The lowest BCUT2D eigenvalue weighted by Gasteiger charge is -2.33. The Morgan fingerprint density at radius 3 is 2.72 bits per heavy atom. The number of ketones is 1. The first kappa shape index (κ1) is 17.6. The lowest BCUT2D eigenvalue weighted by molar-refractivity contribution is -0.135. The first-order valence-corrected chi connectivity index (χ1v) is 9.24. The topological polar surface area (TPSA) is 66.5 Å². The molecule has 1 N–H and O–H groups in total. The molecule has 5 nitrogen and oxygen atoms in total. The third kappa shape index (κ3) is 3.91. The fourth-order valence-corrected chi connectivity index (χ4v) is 4.12. The van der Waals surface area contributed by atoms with Crippen molar-refractivity contribution in [1.82, 2.24) is 10.2 Å². The van der Waals surface area contributed by atoms with Crippen molar-refractivity contribution < 1.29 is 14.4 Å². The van der Waals surface area contributed by atoms with Crippen LogP contribution in [-0.4, -0.2) is 41.6 Å². The highest BCUT2D eigenvalue weighted by Gasteiger charge is 2.38. The summed E-state index contributed by atoms with van der Waals surface area (Å²) >= 11 is 0. The van der Waals surface area contributed by atoms with E-state index in [0.717, 1.165) is 37.7 Å². The molecule has 2 amide bonds. The van der Waals surface area contributed by atoms with Gasteiger partial charge in [-0.25, -0.2) is 0 Å². The van der Waals surface area contributed by atoms with Crippen molar-refractivity contribution in [1.29, 1.82) is 0 Å². The van der Waals surface area contributed by atoms with Crippen LogP contribution < -0.4 is 5.32 Å². The number of nitrogens with one attached hydrogen (secondary N) is 1. The van der Waals surface area contributed by atoms with Gasteiger partial charge in [0.15, 0.2) is 0 Å². The molecular weight excluding hydrogens is 316 g/mol. The van der Waals surface area contributed by atoms with Crippen LogP contribution >= 0.6 is 0 Å². The minimum atomic E-state index is -0.226. The molecular formula is C20H26N2O3. The maximum absolute atomic E-state index is 12.6. The Morgan fingerprint density at radius 2 is 1.96 bits per heavy atom. The lowest BCUT2D eigenvalue weighted by Crippen LogP contribution is -2.47. The van der Waals surface area contributed by atoms with E-state index in [4.69, 9.17) is 0 Å². The second-order valence-corrected chi connectivity index (χ2v) is 7.11. The van der Waals surface area contributed by atoms with Crippen molar-refractivity contribution in [2.24, 2.45) is 5.92 Å². The van der Waals surface area contributed by atoms with Gasteiger partial charge < -0.3 is 10.2 Å². The van der Waals surface area contributed by atoms with Crippen molar-refractivity contribution >= 4 is 17.6 Å². The molecule has 2 fully saturated rings. The standard InChI is InChI=1S/C20H26N2O3/c1-14-7-2-3-8-15(14)20(25)21-13-19(24)22-12-6-10-17(22)16-9-4-5-11-18(16)23/h2-3,7-8,16-17H,4-6,9-13H2,1H3,(H,21,25)/t16-,17+/m1/s1. The molecule has 1 aliphatic heterocycles. The van der Waals surface area contributed by atoms with E-state index in [1.54, 1.807) is 6.07 Å². The van der Waals surface area contributed by atoms with Crippen LogP contribution in [-0.2, 0) is 9.59 Å². The van der Waals surface area contributed by atoms with Crippen LogP contribution in [0.4, 0.5) is 0 Å². The predicted octanol–water partition coefficient (Wildman–Crippen LogP) is 2.48. The molecule has 2 atom stereocenters. The number of Topliss-reactive ketones (excluding diaryl/α,β-unsaturated/α-hetero) is 1. The Morgan fingerprint density at radius 1 is 1.16 bits per heavy atom. The first-order valence-electron chi connectivity index (χ1n) is 9.24. The minimum absolute atomic E-state index is 0.00716. The van der Waals surface area contributed by atoms with Gasteiger partial charge in [-0.15, -0.1) is 0 Å². The zero-order valence-electron chi connectivity index (χ0n) is 14.8. The molecule has 1 aromatic carbocycles. The zero-order valence-corrected chi connectivity index (χ0v) is 14.8. The van der Waals surface area contributed by atoms with Crippen LogP contribution in [0.2, 0.25) is 0 Å². The number of likely N-dealkylation sites (tertiary alicyclic amines) is 1. The molecule has 1 saturated carbocycles. The highest BCUT2D eigenvalue weighted by atomic mass is 16.2. The van der Waals surface area contributed by atoms with Gasteiger partial charge in [0, 0.05) is 30.5 Å². The first-order chi connectivity index (χ1) is 12.1. The molecule has 0 aromatic heterocycles. The third-order valence-electron chi connectivity index (χ3n) is 5.48. The second kappa shape index (κ2) is 7.81. The third-order valence-corrected chi connectivity index (χ3v) is 5.48. The van der Waals surface area contributed by atoms with Crippen molar-refractivity contribution in [3.8, 4) is 0 Å². The highest BCUT2D eigenvalue weighted by molar-refractivity contribution is 5.97. The zero-order chi connectivity index (χ0) is 17.8. The van der Waals surface area contributed by atoms with E-state index in [2.05, 4.69) is 5.32 Å². The summed E-state index contributed by atoms with van der Waals surface area (Å²) in [6.45, 7) is 2.56. The highest BCUT2D eigenvalue weighted by Crippen LogP contribution is 2.32. The number of rotatable bonds is 4. The van der Waals surface area contributed by atoms with Crippen molar-refractivity contribution in [2.45, 2.75) is 51.5 Å². The molecule has 1 saturated heterocycles. The normalized spacial score (nSPS) is 23.6. The summed E-state index contributed by atoms with van der Waals surface area (Å²) in [5, 5.41) is 2.74. The van der Waals surface area contributed by atoms with Crippen LogP contribution in [0.1, 0.15) is 54.4 Å². The molecule has 0 bridgehead atoms. The molecule has 2 aliphatic rings. The Kier molecular flexibility index (Phi) is 5.51. The maximum atomic E-state index is 12.6. The molecule has 25 heavy (non-hydrogen) atoms. The fourth-order valence-electron chi connectivity index (χ4n) is 4.12. The lowest BCUT2D eigenvalue weighted by atomic mass is 9.82. The van der Waals surface area contributed by atoms with E-state index < -0.39 is 0 Å². The Bertz CT molecular complexity index is 671. The number of carbonyl (C=O) groups is 3. The number of aryl methyl sites for hydroxylation is 1. The van der Waals surface area contributed by atoms with Crippen LogP contribution in [0.5, 0.6) is 0 Å². The van der Waals surface area contributed by atoms with Gasteiger partial charge in [-0.2, -0.15) is 0 Å². The van der Waals surface area contributed by atoms with Crippen LogP contribution in [0.15, 0.2) is 24.3 Å². The van der Waals surface area contributed by atoms with Gasteiger partial charge in [0.2, 0.25) is 5.91 Å². The summed E-state index contributed by atoms with van der Waals surface area (Å²) < 4.78 is 0. The van der Waals surface area contributed by atoms with Crippen LogP contribution in [0, 0.1) is 12.8 Å². The number of hydrogen-bond acceptors (Lipinski definition) is 3. The Hall–Kier alpha value is -2.17. The molecule has 134 valence electrons. The van der Waals surface area contributed by atoms with E-state index in [0.29, 0.717) is 24.3 Å². The van der Waals surface area contributed by atoms with Gasteiger partial charge in [0.05, 0.1) is 6.54 Å². The maximum Gasteiger partial charge on any atom is 0.251 e. The SMILES string of the molecule is Cc1ccccc1C(=O)NCC(=O)N1CCC[C@H]1[C@H]1CCCCC1=O. The minimum Gasteiger partial charge on any atom is -0.343 e. The second-order valence-electron chi connectivity index (χ2n) is 7.11. The molecule has 0 spiro atoms. The Balaban J connectivity index is 1.59. The van der Waals surface area contributed by atoms with Gasteiger partial charge >= 0.3 is 0 Å². The summed E-state index contributed by atoms with van der Waals surface area (Å²) in [5.41, 5.74) is 1.48. The predicted molar refractivity (Wildman–Crippen MR) is 95.2 cm³/mol. The molecule has 3 rings (SSSR count). The number of benzene rings is 1. The molecule has 1 aromatic rings. The van der Waals surface area contributed by atoms with Crippen molar-refractivity contribution in [2.75, 3.05) is 13.1 Å². The quantitative estimate of drug-likeness (QED) is 0.914. The van der Waals surface area contributed by atoms with E-state index in [1.807, 2.05) is 30.0 Å². The van der Waals surface area contributed by atoms with Gasteiger partial charge in [-0.05, 0) is 44.2 Å². The molecule has 0 unspecified atom stereocenters. The number of carbonyl (C=O) groups excluding carboxylic acids is 3. The average molecular weight is 342 g/mol. The summed E-state index contributed by atoms with van der Waals surface area (Å²) in [7, 11) is 0. The van der Waals surface area contributed by atoms with E-state index in [-0.39, 0.29) is 30.3 Å². The molecule has 0 radical (unpaired) electrons. The van der Waals surface area contributed by atoms with Gasteiger partial charge in [0.1, 0.15) is 5.78 Å². The summed E-state index contributed by atoms with van der Waals surface area (Å²) in [6.07, 6.45) is 5.41. The number of nitrogens with zero attached hydrogens (tertiary/aromatic N) is 1. The summed E-state index contributed by atoms with van der Waals surface area (Å²) in [4.78, 5) is 39.0. The molecule has 1 aliphatic carbocycles. The fraction of sp³-hybridized carbons (Fsp3) is 0.550. The van der Waals surface area contributed by atoms with Crippen LogP contribution in [0.3, 0.4) is 0 Å². The average Bonchev–Trinajstić information content (AvgIpc) is 3.10. The molecule has 1 heterocycles. The smallest absolute Gasteiger partial charge is 0.251 e. The molecule has 5 heteroatoms. The number of hydrogen-bond donors (Lipinski definition) is 1. The van der Waals surface area contributed by atoms with Crippen LogP contribution in [0.25, 0.3) is 0 Å². The van der Waals surface area contributed by atoms with Gasteiger partial charge in [-0.1, -0.05) is 24.6 Å². The van der Waals surface area contributed by atoms with Crippen molar-refractivity contribution in [3.05, 3.63) is 35.4 Å². The summed E-state index contributed by atoms with van der Waals surface area (Å²) in [6, 6.07) is 7.36. The van der Waals surface area contributed by atoms with Gasteiger partial charge in [-0.3, -0.25) is 14.4 Å². The van der Waals surface area contributed by atoms with Gasteiger partial charge in [0.25, 0.3) is 5.91 Å². The summed E-state index contributed by atoms with van der Waals surface area (Å²) in [5.74, 6) is -0.00841. The largest absolute Gasteiger partial charge is 0.343 e. The van der Waals surface area contributed by atoms with E-state index in [1.165, 1.54) is 0 Å². The van der Waals surface area contributed by atoms with E-state index >= 15 is 0 Å². The van der Waals surface area contributed by atoms with E-state index in [9.17, 15) is 14.4 Å². The number of amides is 2. The Labute approximate surface area is 148 Å². The van der Waals surface area contributed by atoms with Crippen molar-refractivity contribution in [3.63, 3.8) is 0 Å².